The average molecular weight is 541 g/mol. The number of rotatable bonds is 5. The smallest absolute Gasteiger partial charge is 0.330 e. The lowest BCUT2D eigenvalue weighted by atomic mass is 10.0. The van der Waals surface area contributed by atoms with Crippen molar-refractivity contribution in [3.63, 3.8) is 0 Å². The number of amides is 4. The number of halogens is 2. The van der Waals surface area contributed by atoms with Crippen molar-refractivity contribution in [2.75, 3.05) is 18.4 Å². The number of hydrogen-bond donors (Lipinski definition) is 2. The first kappa shape index (κ1) is 25.1. The zero-order valence-corrected chi connectivity index (χ0v) is 21.7. The Labute approximate surface area is 224 Å². The van der Waals surface area contributed by atoms with Crippen molar-refractivity contribution in [2.45, 2.75) is 38.4 Å². The van der Waals surface area contributed by atoms with E-state index in [1.165, 1.54) is 6.07 Å². The largest absolute Gasteiger partial charge is 0.340 e. The summed E-state index contributed by atoms with van der Waals surface area (Å²) in [6.07, 6.45) is 3.05. The number of piperidine rings is 1. The van der Waals surface area contributed by atoms with Crippen molar-refractivity contribution >= 4 is 46.9 Å². The molecule has 1 atom stereocenters. The van der Waals surface area contributed by atoms with Gasteiger partial charge in [0.1, 0.15) is 11.9 Å². The monoisotopic (exact) mass is 540 g/mol. The summed E-state index contributed by atoms with van der Waals surface area (Å²) < 4.78 is 1.65. The number of nitrogens with one attached hydrogen (secondary N) is 2. The molecule has 11 heteroatoms. The quantitative estimate of drug-likeness (QED) is 0.483. The van der Waals surface area contributed by atoms with Gasteiger partial charge in [-0.15, -0.1) is 0 Å². The number of urea groups is 1. The number of hydrogen-bond acceptors (Lipinski definition) is 4. The molecule has 2 aliphatic rings. The average Bonchev–Trinajstić information content (AvgIpc) is 3.43. The molecule has 0 radical (unpaired) electrons. The molecule has 5 rings (SSSR count). The Balaban J connectivity index is 1.25. The Kier molecular flexibility index (Phi) is 7.08. The molecule has 0 spiro atoms. The number of fused-ring (bicyclic) bond motifs is 1. The van der Waals surface area contributed by atoms with E-state index in [9.17, 15) is 14.4 Å². The summed E-state index contributed by atoms with van der Waals surface area (Å²) in [5, 5.41) is 6.24. The number of aromatic nitrogens is 2. The van der Waals surface area contributed by atoms with Gasteiger partial charge in [-0.3, -0.25) is 9.36 Å². The van der Waals surface area contributed by atoms with Gasteiger partial charge >= 0.3 is 12.1 Å². The van der Waals surface area contributed by atoms with Gasteiger partial charge < -0.3 is 20.4 Å². The highest BCUT2D eigenvalue weighted by molar-refractivity contribution is 6.36. The second kappa shape index (κ2) is 10.4. The topological polar surface area (TPSA) is 99.6 Å². The summed E-state index contributed by atoms with van der Waals surface area (Å²) >= 11 is 12.1. The fourth-order valence-corrected chi connectivity index (χ4v) is 5.37. The molecule has 0 aliphatic carbocycles. The third kappa shape index (κ3) is 5.14. The second-order valence-electron chi connectivity index (χ2n) is 9.17. The number of anilines is 1. The highest BCUT2D eigenvalue weighted by atomic mass is 35.5. The lowest BCUT2D eigenvalue weighted by Crippen LogP contribution is -2.50. The number of aryl methyl sites for hydroxylation is 1. The lowest BCUT2D eigenvalue weighted by molar-refractivity contribution is -0.134. The maximum absolute atomic E-state index is 13.6. The van der Waals surface area contributed by atoms with Gasteiger partial charge in [0.05, 0.1) is 29.1 Å². The van der Waals surface area contributed by atoms with Gasteiger partial charge in [-0.1, -0.05) is 53.5 Å². The number of nitrogens with zero attached hydrogens (tertiary/aromatic N) is 4. The fourth-order valence-electron chi connectivity index (χ4n) is 4.91. The molecule has 4 amide bonds. The van der Waals surface area contributed by atoms with Crippen LogP contribution in [0.25, 0.3) is 0 Å². The van der Waals surface area contributed by atoms with Gasteiger partial charge in [0.25, 0.3) is 0 Å². The van der Waals surface area contributed by atoms with E-state index in [4.69, 9.17) is 23.2 Å². The Morgan fingerprint density at radius 3 is 2.49 bits per heavy atom. The summed E-state index contributed by atoms with van der Waals surface area (Å²) in [5.74, 6) is 0.478. The molecule has 0 saturated carbocycles. The Morgan fingerprint density at radius 1 is 1.08 bits per heavy atom. The summed E-state index contributed by atoms with van der Waals surface area (Å²) in [5.41, 5.74) is 1.94. The minimum Gasteiger partial charge on any atom is -0.340 e. The minimum atomic E-state index is -0.883. The molecule has 2 aliphatic heterocycles. The summed E-state index contributed by atoms with van der Waals surface area (Å²) in [4.78, 5) is 47.2. The molecule has 3 aromatic rings. The Morgan fingerprint density at radius 2 is 1.81 bits per heavy atom. The maximum Gasteiger partial charge on any atom is 0.330 e. The van der Waals surface area contributed by atoms with Crippen molar-refractivity contribution in [1.29, 1.82) is 0 Å². The lowest BCUT2D eigenvalue weighted by Gasteiger charge is -2.37. The normalized spacial score (nSPS) is 16.5. The van der Waals surface area contributed by atoms with Crippen LogP contribution in [0.3, 0.4) is 0 Å². The van der Waals surface area contributed by atoms with Crippen molar-refractivity contribution in [3.05, 3.63) is 81.9 Å². The van der Waals surface area contributed by atoms with Crippen LogP contribution in [-0.2, 0) is 11.3 Å². The summed E-state index contributed by atoms with van der Waals surface area (Å²) in [6, 6.07) is 12.4. The van der Waals surface area contributed by atoms with Crippen molar-refractivity contribution in [3.8, 4) is 0 Å². The van der Waals surface area contributed by atoms with Crippen molar-refractivity contribution in [2.24, 2.45) is 0 Å². The highest BCUT2D eigenvalue weighted by Gasteiger charge is 2.37. The van der Waals surface area contributed by atoms with E-state index in [-0.39, 0.29) is 18.0 Å². The van der Waals surface area contributed by atoms with Gasteiger partial charge in [0.2, 0.25) is 5.91 Å². The molecule has 1 fully saturated rings. The maximum atomic E-state index is 13.6. The van der Waals surface area contributed by atoms with Crippen LogP contribution < -0.4 is 10.6 Å². The first-order valence-electron chi connectivity index (χ1n) is 12.0. The number of benzene rings is 2. The standard InChI is InChI=1S/C26H26Cl2N6O3/c1-16-29-14-20-15-33(26(37)34(16)20)19-9-11-32(12-10-19)24(35)23(17-5-3-2-4-6-17)31-25(36)30-22-8-7-18(27)13-21(22)28/h2-8,13-14,19,23H,9-12,15H2,1H3,(H2,30,31,36). The molecule has 9 nitrogen and oxygen atoms in total. The third-order valence-electron chi connectivity index (χ3n) is 6.83. The number of carbonyl (C=O) groups is 3. The fraction of sp³-hybridized carbons (Fsp3) is 0.308. The first-order valence-corrected chi connectivity index (χ1v) is 12.8. The Hall–Kier alpha value is -3.56. The van der Waals surface area contributed by atoms with E-state index < -0.39 is 12.1 Å². The molecular formula is C26H26Cl2N6O3. The van der Waals surface area contributed by atoms with Gasteiger partial charge in [0, 0.05) is 24.2 Å². The predicted molar refractivity (Wildman–Crippen MR) is 141 cm³/mol. The molecular weight excluding hydrogens is 515 g/mol. The Bertz CT molecular complexity index is 1340. The molecule has 1 unspecified atom stereocenters. The van der Waals surface area contributed by atoms with Crippen molar-refractivity contribution in [1.82, 2.24) is 24.7 Å². The van der Waals surface area contributed by atoms with E-state index in [0.29, 0.717) is 59.6 Å². The van der Waals surface area contributed by atoms with Gasteiger partial charge in [0.15, 0.2) is 0 Å². The third-order valence-corrected chi connectivity index (χ3v) is 7.38. The number of imidazole rings is 1. The zero-order valence-electron chi connectivity index (χ0n) is 20.2. The first-order chi connectivity index (χ1) is 17.8. The molecule has 37 heavy (non-hydrogen) atoms. The summed E-state index contributed by atoms with van der Waals surface area (Å²) in [7, 11) is 0. The number of carbonyl (C=O) groups excluding carboxylic acids is 3. The van der Waals surface area contributed by atoms with E-state index in [1.807, 2.05) is 30.0 Å². The molecule has 192 valence electrons. The van der Waals surface area contributed by atoms with Crippen LogP contribution in [0.1, 0.15) is 36.0 Å². The van der Waals surface area contributed by atoms with E-state index >= 15 is 0 Å². The molecule has 2 N–H and O–H groups in total. The molecule has 2 aromatic carbocycles. The van der Waals surface area contributed by atoms with Crippen LogP contribution in [0.4, 0.5) is 15.3 Å². The SMILES string of the molecule is Cc1ncc2n1C(=O)N(C1CCN(C(=O)C(NC(=O)Nc3ccc(Cl)cc3Cl)c3ccccc3)CC1)C2. The number of likely N-dealkylation sites (tertiary alicyclic amines) is 1. The highest BCUT2D eigenvalue weighted by Crippen LogP contribution is 2.28. The molecule has 3 heterocycles. The van der Waals surface area contributed by atoms with Gasteiger partial charge in [-0.05, 0) is 43.5 Å². The van der Waals surface area contributed by atoms with Crippen LogP contribution >= 0.6 is 23.2 Å². The van der Waals surface area contributed by atoms with E-state index in [2.05, 4.69) is 15.6 Å². The second-order valence-corrected chi connectivity index (χ2v) is 10.0. The molecule has 1 aromatic heterocycles. The minimum absolute atomic E-state index is 0.0364. The van der Waals surface area contributed by atoms with Crippen LogP contribution in [0.2, 0.25) is 10.0 Å². The zero-order chi connectivity index (χ0) is 26.1. The van der Waals surface area contributed by atoms with Crippen LogP contribution in [0, 0.1) is 6.92 Å². The van der Waals surface area contributed by atoms with Crippen molar-refractivity contribution < 1.29 is 14.4 Å². The van der Waals surface area contributed by atoms with Crippen LogP contribution in [0.15, 0.2) is 54.7 Å². The van der Waals surface area contributed by atoms with E-state index in [1.54, 1.807) is 39.9 Å². The van der Waals surface area contributed by atoms with Gasteiger partial charge in [-0.25, -0.2) is 14.6 Å². The van der Waals surface area contributed by atoms with Gasteiger partial charge in [-0.2, -0.15) is 0 Å². The predicted octanol–water partition coefficient (Wildman–Crippen LogP) is 4.84. The van der Waals surface area contributed by atoms with Crippen LogP contribution in [-0.4, -0.2) is 56.5 Å². The van der Waals surface area contributed by atoms with E-state index in [0.717, 1.165) is 5.69 Å². The van der Waals surface area contributed by atoms with Crippen LogP contribution in [0.5, 0.6) is 0 Å². The molecule has 0 bridgehead atoms. The molecule has 1 saturated heterocycles. The summed E-state index contributed by atoms with van der Waals surface area (Å²) in [6.45, 7) is 3.31.